The van der Waals surface area contributed by atoms with Gasteiger partial charge in [-0.05, 0) is 40.0 Å². The van der Waals surface area contributed by atoms with Gasteiger partial charge < -0.3 is 4.84 Å². The van der Waals surface area contributed by atoms with E-state index in [0.29, 0.717) is 13.0 Å². The Kier molecular flexibility index (Phi) is 4.92. The third-order valence-corrected chi connectivity index (χ3v) is 2.63. The second-order valence-corrected chi connectivity index (χ2v) is 5.43. The highest BCUT2D eigenvalue weighted by Gasteiger charge is 2.33. The van der Waals surface area contributed by atoms with E-state index in [1.165, 1.54) is 4.90 Å². The Hall–Kier alpha value is -1.34. The monoisotopic (exact) mass is 258 g/mol. The summed E-state index contributed by atoms with van der Waals surface area (Å²) < 4.78 is 0. The number of carbonyl (C=O) groups is 2. The zero-order chi connectivity index (χ0) is 13.8. The van der Waals surface area contributed by atoms with Crippen LogP contribution in [0.15, 0.2) is 0 Å². The topological polar surface area (TPSA) is 96.7 Å². The van der Waals surface area contributed by atoms with Gasteiger partial charge in [-0.2, -0.15) is 0 Å². The molecule has 7 nitrogen and oxygen atoms in total. The van der Waals surface area contributed by atoms with Gasteiger partial charge in [0.25, 0.3) is 5.91 Å². The van der Waals surface area contributed by atoms with Crippen molar-refractivity contribution in [3.05, 3.63) is 0 Å². The molecule has 1 atom stereocenters. The Labute approximate surface area is 107 Å². The molecule has 0 radical (unpaired) electrons. The highest BCUT2D eigenvalue weighted by atomic mass is 16.7. The van der Waals surface area contributed by atoms with Crippen LogP contribution in [0.1, 0.15) is 40.0 Å². The summed E-state index contributed by atoms with van der Waals surface area (Å²) in [6.07, 6.45) is 1.82. The van der Waals surface area contributed by atoms with Crippen LogP contribution in [0.5, 0.6) is 0 Å². The Morgan fingerprint density at radius 2 is 2.00 bits per heavy atom. The summed E-state index contributed by atoms with van der Waals surface area (Å²) in [5.74, 6) is 4.76. The number of likely N-dealkylation sites (tertiary alicyclic amines) is 1. The number of hydrazine groups is 1. The van der Waals surface area contributed by atoms with Crippen molar-refractivity contribution < 1.29 is 14.4 Å². The minimum absolute atomic E-state index is 0.336. The van der Waals surface area contributed by atoms with E-state index in [2.05, 4.69) is 10.9 Å². The second kappa shape index (κ2) is 6.01. The summed E-state index contributed by atoms with van der Waals surface area (Å²) in [6, 6.07) is -0.544. The largest absolute Gasteiger partial charge is 0.429 e. The van der Waals surface area contributed by atoms with E-state index >= 15 is 0 Å². The summed E-state index contributed by atoms with van der Waals surface area (Å²) in [5.41, 5.74) is 4.39. The molecule has 0 bridgehead atoms. The van der Waals surface area contributed by atoms with Crippen molar-refractivity contribution >= 4 is 12.0 Å². The van der Waals surface area contributed by atoms with Crippen LogP contribution in [0.2, 0.25) is 0 Å². The van der Waals surface area contributed by atoms with Gasteiger partial charge in [0.05, 0.1) is 0 Å². The summed E-state index contributed by atoms with van der Waals surface area (Å²) >= 11 is 0. The lowest BCUT2D eigenvalue weighted by Crippen LogP contribution is -2.54. The van der Waals surface area contributed by atoms with Crippen LogP contribution >= 0.6 is 0 Å². The fourth-order valence-corrected chi connectivity index (χ4v) is 1.77. The Morgan fingerprint density at radius 3 is 2.56 bits per heavy atom. The van der Waals surface area contributed by atoms with Crippen molar-refractivity contribution in [1.82, 2.24) is 15.8 Å². The van der Waals surface area contributed by atoms with Crippen molar-refractivity contribution in [3.8, 4) is 0 Å². The maximum Gasteiger partial charge on any atom is 0.429 e. The number of hydroxylamine groups is 1. The summed E-state index contributed by atoms with van der Waals surface area (Å²) in [7, 11) is 0. The number of piperidine rings is 1. The lowest BCUT2D eigenvalue weighted by Gasteiger charge is -2.33. The predicted octanol–water partition coefficient (Wildman–Crippen LogP) is 0.271. The van der Waals surface area contributed by atoms with E-state index in [-0.39, 0.29) is 11.4 Å². The van der Waals surface area contributed by atoms with Gasteiger partial charge in [-0.25, -0.2) is 10.6 Å². The number of nitrogens with two attached hydrogens (primary N) is 1. The van der Waals surface area contributed by atoms with Crippen LogP contribution in [-0.4, -0.2) is 35.0 Å². The molecule has 1 aliphatic rings. The number of hydrogen-bond acceptors (Lipinski definition) is 5. The smallest absolute Gasteiger partial charge is 0.353 e. The van der Waals surface area contributed by atoms with E-state index in [9.17, 15) is 9.59 Å². The average Bonchev–Trinajstić information content (AvgIpc) is 2.34. The molecule has 104 valence electrons. The van der Waals surface area contributed by atoms with Gasteiger partial charge in [-0.1, -0.05) is 0 Å². The predicted molar refractivity (Wildman–Crippen MR) is 66.0 cm³/mol. The maximum absolute atomic E-state index is 11.9. The highest BCUT2D eigenvalue weighted by molar-refractivity contribution is 5.85. The molecule has 1 aliphatic heterocycles. The molecule has 18 heavy (non-hydrogen) atoms. The van der Waals surface area contributed by atoms with Gasteiger partial charge in [0.15, 0.2) is 0 Å². The quantitative estimate of drug-likeness (QED) is 0.375. The van der Waals surface area contributed by atoms with Crippen molar-refractivity contribution in [3.63, 3.8) is 0 Å². The van der Waals surface area contributed by atoms with E-state index in [4.69, 9.17) is 10.7 Å². The second-order valence-electron chi connectivity index (χ2n) is 5.43. The molecule has 1 rings (SSSR count). The Morgan fingerprint density at radius 1 is 1.33 bits per heavy atom. The molecule has 0 aliphatic carbocycles. The number of amides is 2. The van der Waals surface area contributed by atoms with E-state index in [0.717, 1.165) is 12.8 Å². The molecule has 4 N–H and O–H groups in total. The Balaban J connectivity index is 2.60. The lowest BCUT2D eigenvalue weighted by molar-refractivity contribution is -0.127. The van der Waals surface area contributed by atoms with Gasteiger partial charge in [0, 0.05) is 12.1 Å². The normalized spacial score (nSPS) is 20.4. The lowest BCUT2D eigenvalue weighted by atomic mass is 10.0. The third-order valence-electron chi connectivity index (χ3n) is 2.63. The molecular formula is C11H22N4O3. The Bertz CT molecular complexity index is 314. The zero-order valence-electron chi connectivity index (χ0n) is 11.2. The van der Waals surface area contributed by atoms with Gasteiger partial charge in [0.2, 0.25) is 0 Å². The first-order chi connectivity index (χ1) is 8.35. The van der Waals surface area contributed by atoms with Crippen LogP contribution < -0.4 is 16.7 Å². The van der Waals surface area contributed by atoms with Crippen LogP contribution in [0.25, 0.3) is 0 Å². The maximum atomic E-state index is 11.9. The van der Waals surface area contributed by atoms with E-state index < -0.39 is 12.1 Å². The van der Waals surface area contributed by atoms with Crippen LogP contribution in [0, 0.1) is 0 Å². The van der Waals surface area contributed by atoms with Gasteiger partial charge in [0.1, 0.15) is 6.04 Å². The highest BCUT2D eigenvalue weighted by Crippen LogP contribution is 2.18. The molecule has 0 saturated carbocycles. The van der Waals surface area contributed by atoms with Crippen molar-refractivity contribution in [2.45, 2.75) is 51.6 Å². The summed E-state index contributed by atoms with van der Waals surface area (Å²) in [4.78, 5) is 29.9. The standard InChI is InChI=1S/C11H22N4O3/c1-11(2,3)14-18-10(17)15-7-5-4-6-8(15)9(16)13-12/h8,14H,4-7,12H2,1-3H3,(H,13,16). The molecule has 7 heteroatoms. The van der Waals surface area contributed by atoms with Crippen LogP contribution in [0.3, 0.4) is 0 Å². The van der Waals surface area contributed by atoms with Crippen molar-refractivity contribution in [2.75, 3.05) is 6.54 Å². The first-order valence-electron chi connectivity index (χ1n) is 6.10. The van der Waals surface area contributed by atoms with Gasteiger partial charge >= 0.3 is 6.09 Å². The van der Waals surface area contributed by atoms with E-state index in [1.807, 2.05) is 20.8 Å². The van der Waals surface area contributed by atoms with Crippen molar-refractivity contribution in [1.29, 1.82) is 0 Å². The van der Waals surface area contributed by atoms with Gasteiger partial charge in [-0.3, -0.25) is 15.1 Å². The minimum atomic E-state index is -0.544. The molecule has 1 heterocycles. The minimum Gasteiger partial charge on any atom is -0.353 e. The van der Waals surface area contributed by atoms with Crippen LogP contribution in [0.4, 0.5) is 4.79 Å². The number of nitrogens with zero attached hydrogens (tertiary/aromatic N) is 1. The zero-order valence-corrected chi connectivity index (χ0v) is 11.2. The molecule has 0 spiro atoms. The number of nitrogens with one attached hydrogen (secondary N) is 2. The third kappa shape index (κ3) is 4.15. The number of rotatable bonds is 2. The fraction of sp³-hybridized carbons (Fsp3) is 0.818. The van der Waals surface area contributed by atoms with E-state index in [1.54, 1.807) is 0 Å². The molecule has 2 amide bonds. The molecule has 0 aromatic rings. The summed E-state index contributed by atoms with van der Waals surface area (Å²) in [6.45, 7) is 6.13. The molecule has 1 fully saturated rings. The van der Waals surface area contributed by atoms with Gasteiger partial charge in [-0.15, -0.1) is 5.48 Å². The molecule has 0 aromatic carbocycles. The molecule has 1 unspecified atom stereocenters. The molecule has 1 saturated heterocycles. The molecular weight excluding hydrogens is 236 g/mol. The first-order valence-corrected chi connectivity index (χ1v) is 6.10. The average molecular weight is 258 g/mol. The number of carbonyl (C=O) groups excluding carboxylic acids is 2. The molecule has 0 aromatic heterocycles. The number of hydrogen-bond donors (Lipinski definition) is 3. The SMILES string of the molecule is CC(C)(C)NOC(=O)N1CCCCC1C(=O)NN. The first kappa shape index (κ1) is 14.7. The van der Waals surface area contributed by atoms with Crippen molar-refractivity contribution in [2.24, 2.45) is 5.84 Å². The summed E-state index contributed by atoms with van der Waals surface area (Å²) in [5, 5.41) is 0. The fourth-order valence-electron chi connectivity index (χ4n) is 1.77. The van der Waals surface area contributed by atoms with Crippen LogP contribution in [-0.2, 0) is 9.63 Å².